The lowest BCUT2D eigenvalue weighted by Crippen LogP contribution is -2.43. The highest BCUT2D eigenvalue weighted by molar-refractivity contribution is 6.00. The van der Waals surface area contributed by atoms with Gasteiger partial charge in [-0.05, 0) is 60.9 Å². The maximum Gasteiger partial charge on any atom is 0.335 e. The number of likely N-dealkylation sites (tertiary alicyclic amines) is 1. The first-order valence-corrected chi connectivity index (χ1v) is 12.8. The normalized spacial score (nSPS) is 14.5. The van der Waals surface area contributed by atoms with Crippen molar-refractivity contribution in [2.45, 2.75) is 25.3 Å². The quantitative estimate of drug-likeness (QED) is 0.290. The van der Waals surface area contributed by atoms with Crippen LogP contribution in [0.4, 0.5) is 31.9 Å². The van der Waals surface area contributed by atoms with Gasteiger partial charge in [0.25, 0.3) is 0 Å². The molecule has 0 bridgehead atoms. The second-order valence-corrected chi connectivity index (χ2v) is 9.61. The number of nitrogens with one attached hydrogen (secondary N) is 2. The van der Waals surface area contributed by atoms with Crippen molar-refractivity contribution < 1.29 is 28.6 Å². The van der Waals surface area contributed by atoms with Crippen molar-refractivity contribution in [3.63, 3.8) is 0 Å². The first-order chi connectivity index (χ1) is 19.2. The van der Waals surface area contributed by atoms with Crippen molar-refractivity contribution in [2.24, 2.45) is 0 Å². The smallest absolute Gasteiger partial charge is 0.335 e. The van der Waals surface area contributed by atoms with Crippen LogP contribution in [0.15, 0.2) is 60.7 Å². The molecule has 3 aromatic rings. The van der Waals surface area contributed by atoms with Gasteiger partial charge in [0.2, 0.25) is 5.91 Å². The Morgan fingerprint density at radius 1 is 1.10 bits per heavy atom. The number of anilines is 4. The summed E-state index contributed by atoms with van der Waals surface area (Å²) in [5.41, 5.74) is 8.43. The number of nitrogens with two attached hydrogens (primary N) is 1. The summed E-state index contributed by atoms with van der Waals surface area (Å²) in [4.78, 5) is 40.7. The van der Waals surface area contributed by atoms with Crippen molar-refractivity contribution in [3.05, 3.63) is 77.6 Å². The molecule has 11 heteroatoms. The van der Waals surface area contributed by atoms with Gasteiger partial charge in [0.05, 0.1) is 41.8 Å². The molecule has 1 fully saturated rings. The van der Waals surface area contributed by atoms with Crippen molar-refractivity contribution >= 4 is 40.7 Å². The number of nitrogen functional groups attached to an aromatic ring is 1. The molecule has 1 aliphatic rings. The van der Waals surface area contributed by atoms with Crippen LogP contribution < -0.4 is 26.0 Å². The topological polar surface area (TPSA) is 137 Å². The fraction of sp³-hybridized carbons (Fsp3) is 0.276. The second kappa shape index (κ2) is 12.4. The average Bonchev–Trinajstić information content (AvgIpc) is 3.38. The Labute approximate surface area is 231 Å². The van der Waals surface area contributed by atoms with Gasteiger partial charge in [-0.2, -0.15) is 0 Å². The number of likely N-dealkylation sites (N-methyl/N-ethyl adjacent to an activating group) is 1. The third-order valence-electron chi connectivity index (χ3n) is 6.86. The lowest BCUT2D eigenvalue weighted by molar-refractivity contribution is -0.131. The van der Waals surface area contributed by atoms with Crippen LogP contribution in [-0.2, 0) is 11.2 Å². The van der Waals surface area contributed by atoms with Gasteiger partial charge in [0, 0.05) is 26.2 Å². The minimum Gasteiger partial charge on any atom is -0.495 e. The zero-order chi connectivity index (χ0) is 28.8. The van der Waals surface area contributed by atoms with E-state index in [4.69, 9.17) is 10.5 Å². The van der Waals surface area contributed by atoms with Crippen LogP contribution in [0, 0.1) is 5.82 Å². The number of methoxy groups -OCH3 is 1. The van der Waals surface area contributed by atoms with Crippen LogP contribution in [0.25, 0.3) is 0 Å². The molecule has 1 unspecified atom stereocenters. The Hall–Kier alpha value is -4.80. The number of para-hydroxylation sites is 1. The molecule has 210 valence electrons. The molecule has 0 saturated carbocycles. The zero-order valence-electron chi connectivity index (χ0n) is 22.3. The number of hydrogen-bond donors (Lipinski definition) is 4. The van der Waals surface area contributed by atoms with Crippen molar-refractivity contribution in [2.75, 3.05) is 48.5 Å². The van der Waals surface area contributed by atoms with Gasteiger partial charge in [-0.15, -0.1) is 0 Å². The number of rotatable bonds is 9. The largest absolute Gasteiger partial charge is 0.495 e. The molecule has 5 N–H and O–H groups in total. The van der Waals surface area contributed by atoms with Gasteiger partial charge in [0.15, 0.2) is 0 Å². The summed E-state index contributed by atoms with van der Waals surface area (Å²) in [6.07, 6.45) is 1.86. The minimum absolute atomic E-state index is 0.0269. The van der Waals surface area contributed by atoms with Gasteiger partial charge < -0.3 is 36.0 Å². The van der Waals surface area contributed by atoms with E-state index in [1.807, 2.05) is 16.8 Å². The summed E-state index contributed by atoms with van der Waals surface area (Å²) >= 11 is 0. The first kappa shape index (κ1) is 28.2. The third kappa shape index (κ3) is 6.60. The summed E-state index contributed by atoms with van der Waals surface area (Å²) in [6.45, 7) is 1.18. The van der Waals surface area contributed by atoms with E-state index in [1.165, 1.54) is 37.4 Å². The van der Waals surface area contributed by atoms with Gasteiger partial charge in [0.1, 0.15) is 11.6 Å². The number of ether oxygens (including phenoxy) is 1. The molecule has 3 aromatic carbocycles. The number of urea groups is 1. The first-order valence-electron chi connectivity index (χ1n) is 12.8. The summed E-state index contributed by atoms with van der Waals surface area (Å²) in [6, 6.07) is 14.9. The second-order valence-electron chi connectivity index (χ2n) is 9.61. The fourth-order valence-corrected chi connectivity index (χ4v) is 4.87. The van der Waals surface area contributed by atoms with Crippen molar-refractivity contribution in [1.29, 1.82) is 0 Å². The number of nitrogens with zero attached hydrogens (tertiary/aromatic N) is 2. The Morgan fingerprint density at radius 3 is 2.55 bits per heavy atom. The maximum atomic E-state index is 13.8. The molecule has 40 heavy (non-hydrogen) atoms. The maximum absolute atomic E-state index is 13.8. The molecular formula is C29H32FN5O5. The van der Waals surface area contributed by atoms with Gasteiger partial charge in [-0.3, -0.25) is 4.79 Å². The molecule has 0 aliphatic carbocycles. The fourth-order valence-electron chi connectivity index (χ4n) is 4.87. The molecule has 1 aliphatic heterocycles. The van der Waals surface area contributed by atoms with E-state index in [1.54, 1.807) is 30.3 Å². The van der Waals surface area contributed by atoms with Gasteiger partial charge in [-0.25, -0.2) is 14.0 Å². The minimum atomic E-state index is -1.04. The van der Waals surface area contributed by atoms with E-state index in [2.05, 4.69) is 10.6 Å². The van der Waals surface area contributed by atoms with E-state index >= 15 is 0 Å². The van der Waals surface area contributed by atoms with E-state index in [0.29, 0.717) is 35.9 Å². The van der Waals surface area contributed by atoms with Crippen LogP contribution in [0.5, 0.6) is 5.75 Å². The monoisotopic (exact) mass is 549 g/mol. The van der Waals surface area contributed by atoms with Crippen LogP contribution in [0.3, 0.4) is 0 Å². The molecule has 0 spiro atoms. The molecule has 1 heterocycles. The summed E-state index contributed by atoms with van der Waals surface area (Å²) in [7, 11) is 3.33. The predicted molar refractivity (Wildman–Crippen MR) is 152 cm³/mol. The molecule has 1 atom stereocenters. The molecule has 0 radical (unpaired) electrons. The SMILES string of the molecule is COc1cc(CC(=O)N2CCCC2CN(C)c2ccc(C(=O)O)cc2N)ccc1NC(=O)Nc1ccccc1F. The van der Waals surface area contributed by atoms with Crippen molar-refractivity contribution in [3.8, 4) is 5.75 Å². The predicted octanol–water partition coefficient (Wildman–Crippen LogP) is 4.43. The summed E-state index contributed by atoms with van der Waals surface area (Å²) in [5.74, 6) is -1.26. The number of aromatic carboxylic acids is 1. The highest BCUT2D eigenvalue weighted by Gasteiger charge is 2.30. The van der Waals surface area contributed by atoms with Crippen LogP contribution >= 0.6 is 0 Å². The van der Waals surface area contributed by atoms with Gasteiger partial charge >= 0.3 is 12.0 Å². The molecule has 10 nitrogen and oxygen atoms in total. The number of halogens is 1. The lowest BCUT2D eigenvalue weighted by atomic mass is 10.1. The average molecular weight is 550 g/mol. The molecule has 3 amide bonds. The Kier molecular flexibility index (Phi) is 8.73. The summed E-state index contributed by atoms with van der Waals surface area (Å²) in [5, 5.41) is 14.3. The molecule has 4 rings (SSSR count). The van der Waals surface area contributed by atoms with Crippen LogP contribution in [0.1, 0.15) is 28.8 Å². The Morgan fingerprint density at radius 2 is 1.85 bits per heavy atom. The number of carboxylic acid groups (broad SMARTS) is 1. The van der Waals surface area contributed by atoms with Gasteiger partial charge in [-0.1, -0.05) is 18.2 Å². The van der Waals surface area contributed by atoms with Crippen molar-refractivity contribution in [1.82, 2.24) is 4.90 Å². The number of hydrogen-bond acceptors (Lipinski definition) is 6. The number of carbonyl (C=O) groups excluding carboxylic acids is 2. The number of carboxylic acids is 1. The zero-order valence-corrected chi connectivity index (χ0v) is 22.3. The number of carbonyl (C=O) groups is 3. The summed E-state index contributed by atoms with van der Waals surface area (Å²) < 4.78 is 19.3. The molecule has 1 saturated heterocycles. The standard InChI is InChI=1S/C29H32FN5O5/c1-34(25-12-10-19(28(37)38)16-22(25)31)17-20-6-5-13-35(20)27(36)15-18-9-11-24(26(14-18)40-2)33-29(39)32-23-8-4-3-7-21(23)30/h3-4,7-12,14,16,20H,5-6,13,15,17,31H2,1-2H3,(H,37,38)(H2,32,33,39). The van der Waals surface area contributed by atoms with Crippen LogP contribution in [0.2, 0.25) is 0 Å². The highest BCUT2D eigenvalue weighted by atomic mass is 19.1. The Balaban J connectivity index is 1.39. The number of benzene rings is 3. The highest BCUT2D eigenvalue weighted by Crippen LogP contribution is 2.29. The van der Waals surface area contributed by atoms with E-state index in [-0.39, 0.29) is 29.6 Å². The van der Waals surface area contributed by atoms with E-state index < -0.39 is 17.8 Å². The number of amides is 3. The Bertz CT molecular complexity index is 1420. The van der Waals surface area contributed by atoms with E-state index in [0.717, 1.165) is 18.4 Å². The third-order valence-corrected chi connectivity index (χ3v) is 6.86. The lowest BCUT2D eigenvalue weighted by Gasteiger charge is -2.30. The molecular weight excluding hydrogens is 517 g/mol. The van der Waals surface area contributed by atoms with Crippen LogP contribution in [-0.4, -0.2) is 61.2 Å². The van der Waals surface area contributed by atoms with E-state index in [9.17, 15) is 23.9 Å². The molecule has 0 aromatic heterocycles.